The first-order valence-corrected chi connectivity index (χ1v) is 9.70. The van der Waals surface area contributed by atoms with Gasteiger partial charge >= 0.3 is 0 Å². The Kier molecular flexibility index (Phi) is 5.60. The fourth-order valence-corrected chi connectivity index (χ4v) is 3.24. The molecule has 3 aromatic rings. The van der Waals surface area contributed by atoms with E-state index in [1.165, 1.54) is 0 Å². The van der Waals surface area contributed by atoms with Gasteiger partial charge in [-0.3, -0.25) is 14.2 Å². The highest BCUT2D eigenvalue weighted by atomic mass is 79.9. The van der Waals surface area contributed by atoms with Crippen molar-refractivity contribution in [3.63, 3.8) is 0 Å². The summed E-state index contributed by atoms with van der Waals surface area (Å²) in [6, 6.07) is 7.86. The number of carbonyl (C=O) groups is 1. The number of aromatic nitrogens is 4. The predicted molar refractivity (Wildman–Crippen MR) is 112 cm³/mol. The molecule has 1 N–H and O–H groups in total. The molecule has 0 aliphatic carbocycles. The number of ether oxygens (including phenoxy) is 1. The molecular formula is C20H24BrN5O2. The van der Waals surface area contributed by atoms with Gasteiger partial charge in [0.25, 0.3) is 5.91 Å². The van der Waals surface area contributed by atoms with Crippen molar-refractivity contribution in [1.29, 1.82) is 0 Å². The minimum absolute atomic E-state index is 0.157. The van der Waals surface area contributed by atoms with Gasteiger partial charge in [0.2, 0.25) is 0 Å². The van der Waals surface area contributed by atoms with E-state index in [1.807, 2.05) is 56.6 Å². The molecular weight excluding hydrogens is 422 g/mol. The van der Waals surface area contributed by atoms with E-state index in [1.54, 1.807) is 24.2 Å². The number of aryl methyl sites for hydroxylation is 1. The van der Waals surface area contributed by atoms with Crippen LogP contribution in [0.4, 0.5) is 5.69 Å². The van der Waals surface area contributed by atoms with Crippen LogP contribution in [0.1, 0.15) is 30.8 Å². The number of benzene rings is 1. The Morgan fingerprint density at radius 1 is 1.32 bits per heavy atom. The fraction of sp³-hybridized carbons (Fsp3) is 0.350. The molecule has 3 rings (SSSR count). The van der Waals surface area contributed by atoms with Crippen molar-refractivity contribution in [2.24, 2.45) is 0 Å². The van der Waals surface area contributed by atoms with Gasteiger partial charge in [-0.25, -0.2) is 0 Å². The molecule has 1 aromatic carbocycles. The molecule has 0 radical (unpaired) electrons. The van der Waals surface area contributed by atoms with Crippen molar-refractivity contribution in [1.82, 2.24) is 19.6 Å². The number of halogens is 1. The maximum atomic E-state index is 13.0. The van der Waals surface area contributed by atoms with Crippen LogP contribution in [0.3, 0.4) is 0 Å². The number of anilines is 1. The number of methoxy groups -OCH3 is 1. The fourth-order valence-electron chi connectivity index (χ4n) is 2.95. The topological polar surface area (TPSA) is 74.0 Å². The summed E-state index contributed by atoms with van der Waals surface area (Å²) in [5.74, 6) is 0.648. The van der Waals surface area contributed by atoms with Crippen LogP contribution in [0.2, 0.25) is 0 Å². The van der Waals surface area contributed by atoms with Crippen molar-refractivity contribution in [2.45, 2.75) is 39.8 Å². The number of hydrogen-bond donors (Lipinski definition) is 1. The molecule has 0 saturated carbocycles. The molecule has 0 spiro atoms. The van der Waals surface area contributed by atoms with E-state index < -0.39 is 5.54 Å². The van der Waals surface area contributed by atoms with Crippen LogP contribution in [-0.4, -0.2) is 32.6 Å². The lowest BCUT2D eigenvalue weighted by atomic mass is 10.0. The summed E-state index contributed by atoms with van der Waals surface area (Å²) in [5.41, 5.74) is 2.62. The maximum Gasteiger partial charge on any atom is 0.251 e. The predicted octanol–water partition coefficient (Wildman–Crippen LogP) is 3.89. The van der Waals surface area contributed by atoms with Gasteiger partial charge in [0.15, 0.2) is 0 Å². The lowest BCUT2D eigenvalue weighted by molar-refractivity contribution is -0.123. The van der Waals surface area contributed by atoms with Gasteiger partial charge in [-0.2, -0.15) is 10.2 Å². The maximum absolute atomic E-state index is 13.0. The van der Waals surface area contributed by atoms with Gasteiger partial charge in [-0.1, -0.05) is 12.1 Å². The first-order valence-electron chi connectivity index (χ1n) is 8.91. The molecule has 0 aliphatic heterocycles. The van der Waals surface area contributed by atoms with Gasteiger partial charge < -0.3 is 10.1 Å². The molecule has 0 bridgehead atoms. The zero-order chi connectivity index (χ0) is 20.5. The minimum Gasteiger partial charge on any atom is -0.497 e. The Labute approximate surface area is 172 Å². The van der Waals surface area contributed by atoms with Gasteiger partial charge in [0.05, 0.1) is 41.4 Å². The Bertz CT molecular complexity index is 1010. The lowest BCUT2D eigenvalue weighted by Crippen LogP contribution is -2.40. The van der Waals surface area contributed by atoms with E-state index in [9.17, 15) is 4.79 Å². The lowest BCUT2D eigenvalue weighted by Gasteiger charge is -2.24. The van der Waals surface area contributed by atoms with Crippen LogP contribution in [0.25, 0.3) is 0 Å². The van der Waals surface area contributed by atoms with E-state index in [4.69, 9.17) is 4.74 Å². The summed E-state index contributed by atoms with van der Waals surface area (Å²) >= 11 is 3.37. The van der Waals surface area contributed by atoms with E-state index in [-0.39, 0.29) is 5.91 Å². The zero-order valence-corrected chi connectivity index (χ0v) is 18.2. The average Bonchev–Trinajstić information content (AvgIpc) is 3.21. The van der Waals surface area contributed by atoms with Crippen LogP contribution in [0.5, 0.6) is 5.75 Å². The highest BCUT2D eigenvalue weighted by Crippen LogP contribution is 2.25. The monoisotopic (exact) mass is 445 g/mol. The molecule has 148 valence electrons. The number of nitrogens with one attached hydrogen (secondary N) is 1. The Morgan fingerprint density at radius 3 is 2.71 bits per heavy atom. The molecule has 0 unspecified atom stereocenters. The molecule has 0 fully saturated rings. The third-order valence-corrected chi connectivity index (χ3v) is 5.18. The second-order valence-corrected chi connectivity index (χ2v) is 8.09. The Balaban J connectivity index is 1.82. The van der Waals surface area contributed by atoms with Crippen LogP contribution in [-0.2, 0) is 16.9 Å². The number of rotatable bonds is 6. The van der Waals surface area contributed by atoms with E-state index in [0.717, 1.165) is 32.9 Å². The number of hydrogen-bond acceptors (Lipinski definition) is 4. The third-order valence-electron chi connectivity index (χ3n) is 4.77. The second kappa shape index (κ2) is 7.79. The third kappa shape index (κ3) is 3.96. The molecule has 7 nitrogen and oxygen atoms in total. The average molecular weight is 446 g/mol. The minimum atomic E-state index is -0.847. The highest BCUT2D eigenvalue weighted by molar-refractivity contribution is 9.10. The first kappa shape index (κ1) is 20.1. The van der Waals surface area contributed by atoms with Gasteiger partial charge in [0.1, 0.15) is 11.3 Å². The largest absolute Gasteiger partial charge is 0.497 e. The summed E-state index contributed by atoms with van der Waals surface area (Å²) in [7, 11) is 1.65. The van der Waals surface area contributed by atoms with Crippen molar-refractivity contribution >= 4 is 27.5 Å². The van der Waals surface area contributed by atoms with Crippen LogP contribution in [0, 0.1) is 13.8 Å². The van der Waals surface area contributed by atoms with Crippen molar-refractivity contribution in [2.75, 3.05) is 12.4 Å². The first-order chi connectivity index (χ1) is 13.2. The Morgan fingerprint density at radius 2 is 2.07 bits per heavy atom. The van der Waals surface area contributed by atoms with E-state index >= 15 is 0 Å². The van der Waals surface area contributed by atoms with Gasteiger partial charge in [-0.15, -0.1) is 0 Å². The number of carbonyl (C=O) groups excluding carboxylic acids is 1. The SMILES string of the molecule is COc1cccc(Cn2nc(C)c(NC(=O)C(C)(C)n3cc(Br)cn3)c2C)c1. The summed E-state index contributed by atoms with van der Waals surface area (Å²) in [5, 5.41) is 11.9. The quantitative estimate of drug-likeness (QED) is 0.624. The second-order valence-electron chi connectivity index (χ2n) is 7.17. The summed E-state index contributed by atoms with van der Waals surface area (Å²) in [6.45, 7) is 8.09. The van der Waals surface area contributed by atoms with Gasteiger partial charge in [0, 0.05) is 6.20 Å². The van der Waals surface area contributed by atoms with Crippen molar-refractivity contribution in [3.8, 4) is 5.75 Å². The van der Waals surface area contributed by atoms with Crippen molar-refractivity contribution < 1.29 is 9.53 Å². The van der Waals surface area contributed by atoms with E-state index in [0.29, 0.717) is 6.54 Å². The molecule has 2 heterocycles. The normalized spacial score (nSPS) is 11.5. The van der Waals surface area contributed by atoms with Crippen LogP contribution in [0.15, 0.2) is 41.1 Å². The molecule has 0 aliphatic rings. The van der Waals surface area contributed by atoms with E-state index in [2.05, 4.69) is 31.4 Å². The molecule has 2 aromatic heterocycles. The Hall–Kier alpha value is -2.61. The zero-order valence-electron chi connectivity index (χ0n) is 16.7. The molecule has 8 heteroatoms. The number of amides is 1. The molecule has 0 saturated heterocycles. The standard InChI is InChI=1S/C20H24BrN5O2/c1-13-18(23-19(27)20(3,4)26-12-16(21)10-22-26)14(2)25(24-13)11-15-7-6-8-17(9-15)28-5/h6-10,12H,11H2,1-5H3,(H,23,27). The summed E-state index contributed by atoms with van der Waals surface area (Å²) in [4.78, 5) is 13.0. The van der Waals surface area contributed by atoms with Crippen LogP contribution >= 0.6 is 15.9 Å². The molecule has 0 atom stereocenters. The number of nitrogens with zero attached hydrogens (tertiary/aromatic N) is 4. The molecule has 28 heavy (non-hydrogen) atoms. The molecule has 1 amide bonds. The van der Waals surface area contributed by atoms with Crippen LogP contribution < -0.4 is 10.1 Å². The van der Waals surface area contributed by atoms with Crippen molar-refractivity contribution in [3.05, 3.63) is 58.1 Å². The summed E-state index contributed by atoms with van der Waals surface area (Å²) < 4.78 is 9.64. The highest BCUT2D eigenvalue weighted by Gasteiger charge is 2.32. The van der Waals surface area contributed by atoms with Gasteiger partial charge in [-0.05, 0) is 61.3 Å². The smallest absolute Gasteiger partial charge is 0.251 e. The summed E-state index contributed by atoms with van der Waals surface area (Å²) in [6.07, 6.45) is 3.45.